The third-order valence-electron chi connectivity index (χ3n) is 4.22. The van der Waals surface area contributed by atoms with Crippen LogP contribution in [0.5, 0.6) is 0 Å². The molecule has 0 unspecified atom stereocenters. The number of rotatable bonds is 2. The lowest BCUT2D eigenvalue weighted by molar-refractivity contribution is -0.112. The SMILES string of the molecule is [C-]#[N+]c1ccc(/C=C2\CCC/C(=C\c3ccc(C#N)cc3)C2=O)cc1. The first-order chi connectivity index (χ1) is 12.2. The fourth-order valence-corrected chi connectivity index (χ4v) is 2.88. The minimum absolute atomic E-state index is 0.0878. The number of nitrogens with zero attached hydrogens (tertiary/aromatic N) is 2. The van der Waals surface area contributed by atoms with E-state index in [4.69, 9.17) is 11.8 Å². The van der Waals surface area contributed by atoms with Crippen LogP contribution < -0.4 is 0 Å². The van der Waals surface area contributed by atoms with Gasteiger partial charge in [0.25, 0.3) is 0 Å². The molecule has 1 saturated carbocycles. The van der Waals surface area contributed by atoms with Crippen LogP contribution in [-0.4, -0.2) is 5.78 Å². The lowest BCUT2D eigenvalue weighted by Gasteiger charge is -2.16. The highest BCUT2D eigenvalue weighted by Gasteiger charge is 2.20. The molecule has 0 N–H and O–H groups in total. The zero-order valence-corrected chi connectivity index (χ0v) is 13.7. The molecule has 0 aromatic heterocycles. The lowest BCUT2D eigenvalue weighted by atomic mass is 9.87. The molecule has 0 aliphatic heterocycles. The van der Waals surface area contributed by atoms with Crippen LogP contribution in [0, 0.1) is 17.9 Å². The summed E-state index contributed by atoms with van der Waals surface area (Å²) in [6.45, 7) is 6.99. The van der Waals surface area contributed by atoms with Crippen molar-refractivity contribution in [2.75, 3.05) is 0 Å². The van der Waals surface area contributed by atoms with Gasteiger partial charge in [0.2, 0.25) is 0 Å². The van der Waals surface area contributed by atoms with Gasteiger partial charge in [-0.15, -0.1) is 0 Å². The van der Waals surface area contributed by atoms with Crippen molar-refractivity contribution >= 4 is 23.6 Å². The zero-order valence-electron chi connectivity index (χ0n) is 13.7. The maximum absolute atomic E-state index is 12.7. The summed E-state index contributed by atoms with van der Waals surface area (Å²) in [7, 11) is 0. The highest BCUT2D eigenvalue weighted by Crippen LogP contribution is 2.28. The number of carbonyl (C=O) groups is 1. The first-order valence-electron chi connectivity index (χ1n) is 8.13. The number of ketones is 1. The molecule has 1 aliphatic carbocycles. The minimum Gasteiger partial charge on any atom is -0.289 e. The molecule has 1 aliphatic rings. The third-order valence-corrected chi connectivity index (χ3v) is 4.22. The molecule has 0 radical (unpaired) electrons. The normalized spacial score (nSPS) is 17.3. The van der Waals surface area contributed by atoms with Crippen LogP contribution in [0.2, 0.25) is 0 Å². The fraction of sp³-hybridized carbons (Fsp3) is 0.136. The second-order valence-electron chi connectivity index (χ2n) is 5.96. The Morgan fingerprint density at radius 3 is 1.92 bits per heavy atom. The Kier molecular flexibility index (Phi) is 4.88. The maximum atomic E-state index is 12.7. The molecule has 0 saturated heterocycles. The molecule has 25 heavy (non-hydrogen) atoms. The van der Waals surface area contributed by atoms with Crippen molar-refractivity contribution in [3.8, 4) is 6.07 Å². The van der Waals surface area contributed by atoms with Crippen molar-refractivity contribution in [1.29, 1.82) is 5.26 Å². The average molecular weight is 324 g/mol. The van der Waals surface area contributed by atoms with Crippen molar-refractivity contribution in [2.24, 2.45) is 0 Å². The highest BCUT2D eigenvalue weighted by atomic mass is 16.1. The molecule has 1 fully saturated rings. The quantitative estimate of drug-likeness (QED) is 0.553. The first kappa shape index (κ1) is 16.4. The van der Waals surface area contributed by atoms with E-state index in [9.17, 15) is 4.79 Å². The van der Waals surface area contributed by atoms with Gasteiger partial charge in [-0.1, -0.05) is 36.4 Å². The van der Waals surface area contributed by atoms with Crippen LogP contribution >= 0.6 is 0 Å². The van der Waals surface area contributed by atoms with E-state index in [1.807, 2.05) is 36.4 Å². The van der Waals surface area contributed by atoms with E-state index in [0.717, 1.165) is 41.5 Å². The number of benzene rings is 2. The molecule has 120 valence electrons. The largest absolute Gasteiger partial charge is 0.289 e. The van der Waals surface area contributed by atoms with E-state index in [1.54, 1.807) is 24.3 Å². The van der Waals surface area contributed by atoms with E-state index < -0.39 is 0 Å². The van der Waals surface area contributed by atoms with Gasteiger partial charge in [-0.3, -0.25) is 4.79 Å². The van der Waals surface area contributed by atoms with Crippen LogP contribution in [-0.2, 0) is 4.79 Å². The van der Waals surface area contributed by atoms with E-state index in [-0.39, 0.29) is 5.78 Å². The molecule has 2 aromatic rings. The molecule has 0 heterocycles. The van der Waals surface area contributed by atoms with E-state index >= 15 is 0 Å². The maximum Gasteiger partial charge on any atom is 0.187 e. The first-order valence-corrected chi connectivity index (χ1v) is 8.13. The van der Waals surface area contributed by atoms with Crippen molar-refractivity contribution in [1.82, 2.24) is 0 Å². The van der Waals surface area contributed by atoms with Crippen LogP contribution in [0.4, 0.5) is 5.69 Å². The topological polar surface area (TPSA) is 45.2 Å². The Labute approximate surface area is 147 Å². The third kappa shape index (κ3) is 3.91. The van der Waals surface area contributed by atoms with E-state index in [2.05, 4.69) is 10.9 Å². The smallest absolute Gasteiger partial charge is 0.187 e. The Morgan fingerprint density at radius 1 is 0.920 bits per heavy atom. The average Bonchev–Trinajstić information content (AvgIpc) is 2.66. The van der Waals surface area contributed by atoms with Gasteiger partial charge >= 0.3 is 0 Å². The molecular formula is C22H16N2O. The van der Waals surface area contributed by atoms with Crippen LogP contribution in [0.1, 0.15) is 36.0 Å². The van der Waals surface area contributed by atoms with Gasteiger partial charge in [-0.05, 0) is 54.7 Å². The molecule has 0 spiro atoms. The van der Waals surface area contributed by atoms with Crippen molar-refractivity contribution < 1.29 is 4.79 Å². The molecule has 2 aromatic carbocycles. The van der Waals surface area contributed by atoms with Gasteiger partial charge in [0.15, 0.2) is 11.5 Å². The Hall–Kier alpha value is -3.43. The van der Waals surface area contributed by atoms with Gasteiger partial charge in [0.1, 0.15) is 0 Å². The summed E-state index contributed by atoms with van der Waals surface area (Å²) in [5, 5.41) is 8.86. The summed E-state index contributed by atoms with van der Waals surface area (Å²) in [5.74, 6) is 0.0878. The summed E-state index contributed by atoms with van der Waals surface area (Å²) >= 11 is 0. The number of allylic oxidation sites excluding steroid dienone is 2. The van der Waals surface area contributed by atoms with Gasteiger partial charge in [-0.25, -0.2) is 4.85 Å². The molecule has 0 atom stereocenters. The van der Waals surface area contributed by atoms with Crippen molar-refractivity contribution in [2.45, 2.75) is 19.3 Å². The summed E-state index contributed by atoms with van der Waals surface area (Å²) in [4.78, 5) is 16.1. The van der Waals surface area contributed by atoms with E-state index in [0.29, 0.717) is 11.3 Å². The molecule has 0 amide bonds. The standard InChI is InChI=1S/C22H16N2O/c1-24-21-11-9-17(10-12-21)14-20-4-2-3-19(22(20)25)13-16-5-7-18(15-23)8-6-16/h5-14H,2-4H2/b19-13+,20-14+. The summed E-state index contributed by atoms with van der Waals surface area (Å²) in [6.07, 6.45) is 6.32. The predicted octanol–water partition coefficient (Wildman–Crippen LogP) is 5.33. The van der Waals surface area contributed by atoms with Crippen LogP contribution in [0.15, 0.2) is 59.7 Å². The fourth-order valence-electron chi connectivity index (χ4n) is 2.88. The number of nitriles is 1. The zero-order chi connectivity index (χ0) is 17.6. The van der Waals surface area contributed by atoms with Gasteiger partial charge in [0.05, 0.1) is 18.2 Å². The Balaban J connectivity index is 1.84. The number of hydrogen-bond acceptors (Lipinski definition) is 2. The minimum atomic E-state index is 0.0878. The molecular weight excluding hydrogens is 308 g/mol. The van der Waals surface area contributed by atoms with E-state index in [1.165, 1.54) is 0 Å². The Bertz CT molecular complexity index is 856. The van der Waals surface area contributed by atoms with Gasteiger partial charge in [0, 0.05) is 11.1 Å². The van der Waals surface area contributed by atoms with Crippen LogP contribution in [0.3, 0.4) is 0 Å². The monoisotopic (exact) mass is 324 g/mol. The molecule has 3 nitrogen and oxygen atoms in total. The van der Waals surface area contributed by atoms with Gasteiger partial charge < -0.3 is 0 Å². The Morgan fingerprint density at radius 2 is 1.44 bits per heavy atom. The lowest BCUT2D eigenvalue weighted by Crippen LogP contribution is -2.12. The predicted molar refractivity (Wildman–Crippen MR) is 98.7 cm³/mol. The summed E-state index contributed by atoms with van der Waals surface area (Å²) < 4.78 is 0. The number of hydrogen-bond donors (Lipinski definition) is 0. The molecule has 3 heteroatoms. The second kappa shape index (κ2) is 7.43. The van der Waals surface area contributed by atoms with Crippen molar-refractivity contribution in [3.63, 3.8) is 0 Å². The summed E-state index contributed by atoms with van der Waals surface area (Å²) in [6, 6.07) is 16.6. The van der Waals surface area contributed by atoms with Crippen molar-refractivity contribution in [3.05, 3.63) is 87.8 Å². The molecule has 0 bridgehead atoms. The second-order valence-corrected chi connectivity index (χ2v) is 5.96. The van der Waals surface area contributed by atoms with Gasteiger partial charge in [-0.2, -0.15) is 5.26 Å². The summed E-state index contributed by atoms with van der Waals surface area (Å²) in [5.41, 5.74) is 4.70. The van der Waals surface area contributed by atoms with Crippen LogP contribution in [0.25, 0.3) is 17.0 Å². The number of carbonyl (C=O) groups excluding carboxylic acids is 1. The molecule has 3 rings (SSSR count). The highest BCUT2D eigenvalue weighted by molar-refractivity contribution is 6.13. The number of Topliss-reactive ketones (excluding diaryl/α,β-unsaturated/α-hetero) is 1.